The van der Waals surface area contributed by atoms with E-state index in [1.165, 1.54) is 122 Å². The quantitative estimate of drug-likeness (QED) is 0.0345. The summed E-state index contributed by atoms with van der Waals surface area (Å²) in [4.78, 5) is 25.6. The van der Waals surface area contributed by atoms with Crippen molar-refractivity contribution < 1.29 is 23.8 Å². The van der Waals surface area contributed by atoms with Gasteiger partial charge in [0.25, 0.3) is 0 Å². The molecule has 0 N–H and O–H groups in total. The van der Waals surface area contributed by atoms with E-state index in [-0.39, 0.29) is 25.2 Å². The summed E-state index contributed by atoms with van der Waals surface area (Å²) in [6.07, 6.45) is 82.5. The number of allylic oxidation sites excluding steroid dienone is 18. The van der Waals surface area contributed by atoms with Crippen LogP contribution >= 0.6 is 0 Å². The minimum absolute atomic E-state index is 0.0620. The highest BCUT2D eigenvalue weighted by molar-refractivity contribution is 5.70. The van der Waals surface area contributed by atoms with Crippen LogP contribution in [0.1, 0.15) is 265 Å². The highest BCUT2D eigenvalue weighted by Crippen LogP contribution is 2.14. The first kappa shape index (κ1) is 66.6. The molecule has 400 valence electrons. The van der Waals surface area contributed by atoms with Crippen molar-refractivity contribution in [2.45, 2.75) is 271 Å². The summed E-state index contributed by atoms with van der Waals surface area (Å²) in [5, 5.41) is 0. The summed E-state index contributed by atoms with van der Waals surface area (Å²) >= 11 is 0. The zero-order valence-electron chi connectivity index (χ0n) is 46.0. The number of esters is 2. The Morgan fingerprint density at radius 3 is 1.03 bits per heavy atom. The van der Waals surface area contributed by atoms with Gasteiger partial charge in [-0.05, 0) is 128 Å². The van der Waals surface area contributed by atoms with Crippen LogP contribution in [0.3, 0.4) is 0 Å². The number of hydrogen-bond donors (Lipinski definition) is 0. The molecule has 5 heteroatoms. The highest BCUT2D eigenvalue weighted by atomic mass is 16.6. The second-order valence-corrected chi connectivity index (χ2v) is 19.2. The van der Waals surface area contributed by atoms with Gasteiger partial charge in [0.05, 0.1) is 6.61 Å². The maximum Gasteiger partial charge on any atom is 0.306 e. The van der Waals surface area contributed by atoms with Crippen LogP contribution in [-0.4, -0.2) is 37.9 Å². The first-order valence-corrected chi connectivity index (χ1v) is 29.4. The Balaban J connectivity index is 4.38. The minimum atomic E-state index is -0.565. The predicted octanol–water partition coefficient (Wildman–Crippen LogP) is 20.3. The summed E-state index contributed by atoms with van der Waals surface area (Å²) in [5.74, 6) is -0.430. The summed E-state index contributed by atoms with van der Waals surface area (Å²) in [6, 6.07) is 0. The molecule has 5 nitrogen and oxygen atoms in total. The number of rotatable bonds is 53. The third-order valence-electron chi connectivity index (χ3n) is 12.3. The van der Waals surface area contributed by atoms with E-state index in [4.69, 9.17) is 14.2 Å². The Morgan fingerprint density at radius 2 is 0.643 bits per heavy atom. The first-order valence-electron chi connectivity index (χ1n) is 29.4. The van der Waals surface area contributed by atoms with Gasteiger partial charge in [-0.25, -0.2) is 0 Å². The zero-order valence-corrected chi connectivity index (χ0v) is 46.0. The molecule has 0 fully saturated rings. The molecule has 0 aliphatic carbocycles. The van der Waals surface area contributed by atoms with E-state index < -0.39 is 6.10 Å². The van der Waals surface area contributed by atoms with Crippen molar-refractivity contribution >= 4 is 11.9 Å². The lowest BCUT2D eigenvalue weighted by molar-refractivity contribution is -0.163. The maximum absolute atomic E-state index is 12.9. The van der Waals surface area contributed by atoms with E-state index in [1.807, 2.05) is 0 Å². The molecule has 0 bridgehead atoms. The monoisotopic (exact) mass is 971 g/mol. The third kappa shape index (κ3) is 57.1. The fraction of sp³-hybridized carbons (Fsp3) is 0.692. The second kappa shape index (κ2) is 59.9. The normalized spacial score (nSPS) is 13.0. The molecule has 0 aliphatic rings. The van der Waals surface area contributed by atoms with Crippen molar-refractivity contribution in [2.75, 3.05) is 19.8 Å². The molecule has 0 spiro atoms. The van der Waals surface area contributed by atoms with E-state index in [2.05, 4.69) is 130 Å². The third-order valence-corrected chi connectivity index (χ3v) is 12.3. The Bertz CT molecular complexity index is 1380. The van der Waals surface area contributed by atoms with Crippen LogP contribution in [0.15, 0.2) is 109 Å². The van der Waals surface area contributed by atoms with E-state index in [0.717, 1.165) is 109 Å². The number of unbranched alkanes of at least 4 members (excludes halogenated alkanes) is 24. The van der Waals surface area contributed by atoms with Gasteiger partial charge in [-0.3, -0.25) is 9.59 Å². The lowest BCUT2D eigenvalue weighted by Gasteiger charge is -2.18. The van der Waals surface area contributed by atoms with Crippen molar-refractivity contribution in [2.24, 2.45) is 0 Å². The highest BCUT2D eigenvalue weighted by Gasteiger charge is 2.17. The molecule has 0 rings (SSSR count). The van der Waals surface area contributed by atoms with Gasteiger partial charge in [0.1, 0.15) is 6.61 Å². The standard InChI is InChI=1S/C65H110O5/c1-4-7-10-13-16-19-22-25-28-31-32-33-36-39-42-45-48-51-54-57-60-68-61-63(70-65(67)59-56-53-50-47-44-41-38-35-30-27-24-21-18-15-12-9-6-3)62-69-64(66)58-55-52-49-46-43-40-37-34-29-26-23-20-17-14-11-8-5-2/h7,10,16-21,25-30,32-33,39,42,63H,4-6,8-9,11-15,22-24,31,34-38,40-41,43-62H2,1-3H3/b10-7-,19-16-,20-17-,21-18-,28-25-,29-26-,30-27-,33-32-,42-39-. The van der Waals surface area contributed by atoms with Gasteiger partial charge in [-0.15, -0.1) is 0 Å². The molecule has 0 heterocycles. The van der Waals surface area contributed by atoms with Crippen molar-refractivity contribution in [3.05, 3.63) is 109 Å². The molecule has 0 aromatic rings. The number of hydrogen-bond acceptors (Lipinski definition) is 5. The van der Waals surface area contributed by atoms with Gasteiger partial charge in [0, 0.05) is 19.4 Å². The fourth-order valence-electron chi connectivity index (χ4n) is 7.89. The molecule has 0 aromatic heterocycles. The molecule has 1 atom stereocenters. The molecular formula is C65H110O5. The molecule has 1 unspecified atom stereocenters. The molecule has 0 saturated carbocycles. The maximum atomic E-state index is 12.9. The lowest BCUT2D eigenvalue weighted by atomic mass is 10.1. The molecular weight excluding hydrogens is 861 g/mol. The second-order valence-electron chi connectivity index (χ2n) is 19.2. The van der Waals surface area contributed by atoms with Gasteiger partial charge in [0.15, 0.2) is 6.10 Å². The average molecular weight is 972 g/mol. The van der Waals surface area contributed by atoms with E-state index >= 15 is 0 Å². The summed E-state index contributed by atoms with van der Waals surface area (Å²) in [6.45, 7) is 7.60. The fourth-order valence-corrected chi connectivity index (χ4v) is 7.89. The van der Waals surface area contributed by atoms with Crippen LogP contribution in [0, 0.1) is 0 Å². The predicted molar refractivity (Wildman–Crippen MR) is 306 cm³/mol. The Hall–Kier alpha value is -3.44. The zero-order chi connectivity index (χ0) is 50.6. The summed E-state index contributed by atoms with van der Waals surface area (Å²) in [7, 11) is 0. The van der Waals surface area contributed by atoms with Gasteiger partial charge >= 0.3 is 11.9 Å². The average Bonchev–Trinajstić information content (AvgIpc) is 3.36. The number of carbonyl (C=O) groups is 2. The number of ether oxygens (including phenoxy) is 3. The van der Waals surface area contributed by atoms with Crippen molar-refractivity contribution in [3.63, 3.8) is 0 Å². The van der Waals surface area contributed by atoms with Crippen LogP contribution in [-0.2, 0) is 23.8 Å². The first-order chi connectivity index (χ1) is 34.6. The smallest absolute Gasteiger partial charge is 0.306 e. The van der Waals surface area contributed by atoms with Gasteiger partial charge in [-0.2, -0.15) is 0 Å². The largest absolute Gasteiger partial charge is 0.462 e. The van der Waals surface area contributed by atoms with E-state index in [9.17, 15) is 9.59 Å². The topological polar surface area (TPSA) is 61.8 Å². The lowest BCUT2D eigenvalue weighted by Crippen LogP contribution is -2.30. The Kier molecular flexibility index (Phi) is 56.9. The summed E-state index contributed by atoms with van der Waals surface area (Å²) < 4.78 is 17.5. The van der Waals surface area contributed by atoms with Gasteiger partial charge in [-0.1, -0.05) is 233 Å². The Morgan fingerprint density at radius 1 is 0.329 bits per heavy atom. The van der Waals surface area contributed by atoms with Crippen molar-refractivity contribution in [1.29, 1.82) is 0 Å². The Labute approximate surface area is 434 Å². The SMILES string of the molecule is CC/C=C\C/C=C\C/C=C\C/C=C\C/C=C\CCCCCCOCC(COC(=O)CCCCCCCCC/C=C\C/C=C\CCCCC)OC(=O)CCCCCCCCC/C=C\C/C=C\CCCCC. The molecule has 0 aliphatic heterocycles. The van der Waals surface area contributed by atoms with Crippen LogP contribution in [0.5, 0.6) is 0 Å². The molecule has 0 aromatic carbocycles. The number of carbonyl (C=O) groups excluding carboxylic acids is 2. The van der Waals surface area contributed by atoms with Crippen molar-refractivity contribution in [1.82, 2.24) is 0 Å². The summed E-state index contributed by atoms with van der Waals surface area (Å²) in [5.41, 5.74) is 0. The molecule has 0 radical (unpaired) electrons. The van der Waals surface area contributed by atoms with Gasteiger partial charge < -0.3 is 14.2 Å². The molecule has 0 saturated heterocycles. The minimum Gasteiger partial charge on any atom is -0.462 e. The van der Waals surface area contributed by atoms with Crippen LogP contribution < -0.4 is 0 Å². The van der Waals surface area contributed by atoms with Gasteiger partial charge in [0.2, 0.25) is 0 Å². The van der Waals surface area contributed by atoms with E-state index in [0.29, 0.717) is 19.4 Å². The molecule has 70 heavy (non-hydrogen) atoms. The van der Waals surface area contributed by atoms with Crippen LogP contribution in [0.2, 0.25) is 0 Å². The van der Waals surface area contributed by atoms with Crippen molar-refractivity contribution in [3.8, 4) is 0 Å². The molecule has 0 amide bonds. The van der Waals surface area contributed by atoms with E-state index in [1.54, 1.807) is 0 Å². The van der Waals surface area contributed by atoms with Crippen LogP contribution in [0.25, 0.3) is 0 Å². The van der Waals surface area contributed by atoms with Crippen LogP contribution in [0.4, 0.5) is 0 Å².